The van der Waals surface area contributed by atoms with Gasteiger partial charge in [-0.05, 0) is 37.0 Å². The number of pyridine rings is 1. The smallest absolute Gasteiger partial charge is 0.255 e. The molecule has 1 aromatic heterocycles. The van der Waals surface area contributed by atoms with E-state index >= 15 is 0 Å². The van der Waals surface area contributed by atoms with Crippen molar-refractivity contribution < 1.29 is 9.59 Å². The average molecular weight is 377 g/mol. The molecule has 4 heterocycles. The molecule has 144 valence electrons. The topological polar surface area (TPSA) is 62.6 Å². The van der Waals surface area contributed by atoms with E-state index < -0.39 is 6.04 Å². The van der Waals surface area contributed by atoms with Crippen molar-refractivity contribution in [3.63, 3.8) is 0 Å². The number of aromatic nitrogens is 1. The van der Waals surface area contributed by atoms with Crippen LogP contribution in [0.25, 0.3) is 0 Å². The van der Waals surface area contributed by atoms with Crippen LogP contribution in [0.5, 0.6) is 0 Å². The Morgan fingerprint density at radius 1 is 1.04 bits per heavy atom. The number of hydrogen-bond donors (Lipinski definition) is 0. The molecule has 28 heavy (non-hydrogen) atoms. The number of hydrogen-bond acceptors (Lipinski definition) is 3. The first-order valence-electron chi connectivity index (χ1n) is 9.90. The molecule has 1 fully saturated rings. The number of fused-ring (bicyclic) bond motifs is 5. The van der Waals surface area contributed by atoms with E-state index in [2.05, 4.69) is 0 Å². The number of nitrogens with zero attached hydrogens (tertiary/aromatic N) is 3. The van der Waals surface area contributed by atoms with Gasteiger partial charge in [-0.2, -0.15) is 0 Å². The third-order valence-electron chi connectivity index (χ3n) is 6.47. The van der Waals surface area contributed by atoms with Crippen LogP contribution in [0.2, 0.25) is 0 Å². The number of likely N-dealkylation sites (tertiary alicyclic amines) is 1. The molecule has 3 atom stereocenters. The molecule has 3 aliphatic rings. The highest BCUT2D eigenvalue weighted by Gasteiger charge is 2.40. The predicted molar refractivity (Wildman–Crippen MR) is 104 cm³/mol. The SMILES string of the molecule is CC(C(=O)N1CC2CC(C1)c1cccc(=O)n1C2)N1Cc2ccccc2C1=O. The minimum atomic E-state index is -0.489. The zero-order chi connectivity index (χ0) is 19.4. The first-order valence-corrected chi connectivity index (χ1v) is 9.90. The van der Waals surface area contributed by atoms with Crippen molar-refractivity contribution in [3.8, 4) is 0 Å². The van der Waals surface area contributed by atoms with Gasteiger partial charge in [0, 0.05) is 49.4 Å². The van der Waals surface area contributed by atoms with E-state index in [0.717, 1.165) is 17.7 Å². The lowest BCUT2D eigenvalue weighted by atomic mass is 9.83. The van der Waals surface area contributed by atoms with Gasteiger partial charge in [0.1, 0.15) is 6.04 Å². The minimum absolute atomic E-state index is 0.00239. The van der Waals surface area contributed by atoms with Gasteiger partial charge in [-0.15, -0.1) is 0 Å². The van der Waals surface area contributed by atoms with Gasteiger partial charge in [-0.3, -0.25) is 14.4 Å². The van der Waals surface area contributed by atoms with Crippen molar-refractivity contribution >= 4 is 11.8 Å². The Kier molecular flexibility index (Phi) is 3.89. The number of piperidine rings is 1. The highest BCUT2D eigenvalue weighted by atomic mass is 16.2. The fourth-order valence-electron chi connectivity index (χ4n) is 5.06. The maximum absolute atomic E-state index is 13.3. The van der Waals surface area contributed by atoms with Gasteiger partial charge in [0.05, 0.1) is 0 Å². The van der Waals surface area contributed by atoms with Crippen molar-refractivity contribution in [3.05, 3.63) is 69.6 Å². The molecule has 6 heteroatoms. The molecule has 0 spiro atoms. The molecular formula is C22H23N3O3. The standard InChI is InChI=1S/C22H23N3O3/c1-14(24-13-16-5-2-3-6-18(16)22(24)28)21(27)23-10-15-9-17(12-23)19-7-4-8-20(26)25(19)11-15/h2-8,14-15,17H,9-13H2,1H3. The van der Waals surface area contributed by atoms with E-state index in [0.29, 0.717) is 31.7 Å². The Hall–Kier alpha value is -2.89. The summed E-state index contributed by atoms with van der Waals surface area (Å²) in [5.74, 6) is 0.408. The number of rotatable bonds is 2. The lowest BCUT2D eigenvalue weighted by Gasteiger charge is -2.44. The van der Waals surface area contributed by atoms with Crippen LogP contribution in [-0.4, -0.2) is 45.3 Å². The van der Waals surface area contributed by atoms with Crippen LogP contribution in [0.1, 0.15) is 40.9 Å². The van der Waals surface area contributed by atoms with Crippen molar-refractivity contribution in [2.45, 2.75) is 38.4 Å². The molecule has 3 aliphatic heterocycles. The quantitative estimate of drug-likeness (QED) is 0.802. The molecule has 5 rings (SSSR count). The summed E-state index contributed by atoms with van der Waals surface area (Å²) in [4.78, 5) is 41.7. The number of carbonyl (C=O) groups excluding carboxylic acids is 2. The predicted octanol–water partition coefficient (Wildman–Crippen LogP) is 1.84. The normalized spacial score (nSPS) is 24.0. The Balaban J connectivity index is 1.36. The summed E-state index contributed by atoms with van der Waals surface area (Å²) in [5.41, 5.74) is 2.75. The lowest BCUT2D eigenvalue weighted by molar-refractivity contribution is -0.138. The molecule has 2 bridgehead atoms. The first kappa shape index (κ1) is 17.2. The summed E-state index contributed by atoms with van der Waals surface area (Å²) in [5, 5.41) is 0. The fraction of sp³-hybridized carbons (Fsp3) is 0.409. The summed E-state index contributed by atoms with van der Waals surface area (Å²) in [6.07, 6.45) is 1.01. The van der Waals surface area contributed by atoms with Gasteiger partial charge >= 0.3 is 0 Å². The Bertz CT molecular complexity index is 1030. The highest BCUT2D eigenvalue weighted by molar-refractivity contribution is 6.01. The van der Waals surface area contributed by atoms with Gasteiger partial charge in [-0.1, -0.05) is 24.3 Å². The van der Waals surface area contributed by atoms with Gasteiger partial charge in [0.25, 0.3) is 11.5 Å². The molecule has 0 saturated carbocycles. The molecule has 6 nitrogen and oxygen atoms in total. The van der Waals surface area contributed by atoms with Crippen LogP contribution >= 0.6 is 0 Å². The molecular weight excluding hydrogens is 354 g/mol. The Morgan fingerprint density at radius 3 is 2.68 bits per heavy atom. The van der Waals surface area contributed by atoms with Crippen molar-refractivity contribution in [1.82, 2.24) is 14.4 Å². The Morgan fingerprint density at radius 2 is 1.86 bits per heavy atom. The fourth-order valence-corrected chi connectivity index (χ4v) is 5.06. The largest absolute Gasteiger partial charge is 0.340 e. The summed E-state index contributed by atoms with van der Waals surface area (Å²) in [7, 11) is 0. The molecule has 0 N–H and O–H groups in total. The molecule has 0 aliphatic carbocycles. The van der Waals surface area contributed by atoms with Gasteiger partial charge in [-0.25, -0.2) is 0 Å². The maximum Gasteiger partial charge on any atom is 0.255 e. The van der Waals surface area contributed by atoms with Crippen LogP contribution < -0.4 is 5.56 Å². The summed E-state index contributed by atoms with van der Waals surface area (Å²) in [6, 6.07) is 12.5. The second-order valence-corrected chi connectivity index (χ2v) is 8.21. The zero-order valence-electron chi connectivity index (χ0n) is 15.9. The third kappa shape index (κ3) is 2.58. The van der Waals surface area contributed by atoms with Crippen LogP contribution in [0, 0.1) is 5.92 Å². The monoisotopic (exact) mass is 377 g/mol. The minimum Gasteiger partial charge on any atom is -0.340 e. The summed E-state index contributed by atoms with van der Waals surface area (Å²) in [6.45, 7) is 4.24. The van der Waals surface area contributed by atoms with E-state index in [1.807, 2.05) is 46.7 Å². The zero-order valence-corrected chi connectivity index (χ0v) is 15.9. The number of carbonyl (C=O) groups is 2. The summed E-state index contributed by atoms with van der Waals surface area (Å²) < 4.78 is 1.87. The highest BCUT2D eigenvalue weighted by Crippen LogP contribution is 2.35. The van der Waals surface area contributed by atoms with Crippen molar-refractivity contribution in [2.24, 2.45) is 5.92 Å². The third-order valence-corrected chi connectivity index (χ3v) is 6.47. The maximum atomic E-state index is 13.3. The van der Waals surface area contributed by atoms with E-state index in [4.69, 9.17) is 0 Å². The van der Waals surface area contributed by atoms with Gasteiger partial charge < -0.3 is 14.4 Å². The Labute approximate surface area is 163 Å². The summed E-state index contributed by atoms with van der Waals surface area (Å²) >= 11 is 0. The average Bonchev–Trinajstić information content (AvgIpc) is 3.04. The molecule has 3 unspecified atom stereocenters. The van der Waals surface area contributed by atoms with E-state index in [1.165, 1.54) is 0 Å². The molecule has 0 radical (unpaired) electrons. The van der Waals surface area contributed by atoms with E-state index in [1.54, 1.807) is 17.0 Å². The van der Waals surface area contributed by atoms with Crippen LogP contribution in [0.15, 0.2) is 47.3 Å². The second-order valence-electron chi connectivity index (χ2n) is 8.21. The van der Waals surface area contributed by atoms with Crippen LogP contribution in [0.4, 0.5) is 0 Å². The van der Waals surface area contributed by atoms with Gasteiger partial charge in [0.2, 0.25) is 5.91 Å². The second kappa shape index (κ2) is 6.33. The van der Waals surface area contributed by atoms with E-state index in [9.17, 15) is 14.4 Å². The first-order chi connectivity index (χ1) is 13.5. The van der Waals surface area contributed by atoms with Crippen molar-refractivity contribution in [2.75, 3.05) is 13.1 Å². The number of benzene rings is 1. The van der Waals surface area contributed by atoms with Crippen LogP contribution in [0.3, 0.4) is 0 Å². The number of amides is 2. The molecule has 1 aromatic carbocycles. The van der Waals surface area contributed by atoms with Crippen LogP contribution in [-0.2, 0) is 17.9 Å². The van der Waals surface area contributed by atoms with E-state index in [-0.39, 0.29) is 29.2 Å². The molecule has 2 aromatic rings. The van der Waals surface area contributed by atoms with Gasteiger partial charge in [0.15, 0.2) is 0 Å². The molecule has 2 amide bonds. The van der Waals surface area contributed by atoms with Crippen molar-refractivity contribution in [1.29, 1.82) is 0 Å². The molecule has 1 saturated heterocycles. The lowest BCUT2D eigenvalue weighted by Crippen LogP contribution is -2.54.